The molecule has 0 amide bonds. The molecule has 0 aromatic heterocycles. The number of halogens is 3. The van der Waals surface area contributed by atoms with Gasteiger partial charge in [0, 0.05) is 18.6 Å². The van der Waals surface area contributed by atoms with E-state index in [0.29, 0.717) is 24.9 Å². The molecule has 2 nitrogen and oxygen atoms in total. The molecule has 3 atom stereocenters. The van der Waals surface area contributed by atoms with Crippen molar-refractivity contribution in [1.29, 1.82) is 0 Å². The number of hydrogen-bond donors (Lipinski definition) is 1. The van der Waals surface area contributed by atoms with Crippen molar-refractivity contribution in [2.75, 3.05) is 19.6 Å². The fourth-order valence-electron chi connectivity index (χ4n) is 3.63. The van der Waals surface area contributed by atoms with Crippen LogP contribution < -0.4 is 5.32 Å². The van der Waals surface area contributed by atoms with Crippen LogP contribution in [0.15, 0.2) is 0 Å². The Morgan fingerprint density at radius 2 is 1.95 bits per heavy atom. The van der Waals surface area contributed by atoms with E-state index in [2.05, 4.69) is 17.1 Å². The molecule has 1 aliphatic heterocycles. The maximum atomic E-state index is 12.9. The van der Waals surface area contributed by atoms with Gasteiger partial charge in [0.2, 0.25) is 0 Å². The van der Waals surface area contributed by atoms with Gasteiger partial charge in [0.1, 0.15) is 0 Å². The normalized spacial score (nSPS) is 33.3. The number of rotatable bonds is 4. The highest BCUT2D eigenvalue weighted by Crippen LogP contribution is 2.35. The third kappa shape index (κ3) is 4.35. The minimum absolute atomic E-state index is 0.217. The van der Waals surface area contributed by atoms with Crippen LogP contribution in [0.2, 0.25) is 0 Å². The highest BCUT2D eigenvalue weighted by molar-refractivity contribution is 4.88. The van der Waals surface area contributed by atoms with Gasteiger partial charge in [-0.3, -0.25) is 4.90 Å². The Morgan fingerprint density at radius 1 is 1.15 bits per heavy atom. The van der Waals surface area contributed by atoms with Crippen LogP contribution in [0.4, 0.5) is 13.2 Å². The molecule has 3 unspecified atom stereocenters. The van der Waals surface area contributed by atoms with Crippen LogP contribution in [-0.4, -0.2) is 42.8 Å². The van der Waals surface area contributed by atoms with E-state index in [9.17, 15) is 13.2 Å². The summed E-state index contributed by atoms with van der Waals surface area (Å²) in [4.78, 5) is 2.11. The van der Waals surface area contributed by atoms with Gasteiger partial charge in [0.15, 0.2) is 0 Å². The largest absolute Gasteiger partial charge is 0.393 e. The first-order chi connectivity index (χ1) is 9.50. The van der Waals surface area contributed by atoms with Crippen molar-refractivity contribution >= 4 is 0 Å². The lowest BCUT2D eigenvalue weighted by molar-refractivity contribution is -0.189. The second-order valence-electron chi connectivity index (χ2n) is 6.35. The highest BCUT2D eigenvalue weighted by atomic mass is 19.4. The Bertz CT molecular complexity index is 293. The van der Waals surface area contributed by atoms with Gasteiger partial charge in [-0.25, -0.2) is 0 Å². The average molecular weight is 292 g/mol. The summed E-state index contributed by atoms with van der Waals surface area (Å²) in [5.74, 6) is -1.11. The highest BCUT2D eigenvalue weighted by Gasteiger charge is 2.43. The Labute approximate surface area is 120 Å². The van der Waals surface area contributed by atoms with Crippen LogP contribution in [0.5, 0.6) is 0 Å². The molecule has 2 aliphatic rings. The van der Waals surface area contributed by atoms with Gasteiger partial charge in [-0.05, 0) is 51.6 Å². The molecule has 0 spiro atoms. The molecule has 20 heavy (non-hydrogen) atoms. The van der Waals surface area contributed by atoms with E-state index < -0.39 is 12.1 Å². The summed E-state index contributed by atoms with van der Waals surface area (Å²) >= 11 is 0. The van der Waals surface area contributed by atoms with Gasteiger partial charge >= 0.3 is 6.18 Å². The van der Waals surface area contributed by atoms with E-state index in [1.165, 1.54) is 6.42 Å². The summed E-state index contributed by atoms with van der Waals surface area (Å²) in [5.41, 5.74) is 0. The zero-order chi connectivity index (χ0) is 14.6. The SMILES string of the molecule is CCCNC1CCCC(N2CCCC(C(F)(F)F)C2)C1. The first-order valence-corrected chi connectivity index (χ1v) is 8.05. The quantitative estimate of drug-likeness (QED) is 0.852. The summed E-state index contributed by atoms with van der Waals surface area (Å²) in [6.07, 6.45) is 2.48. The van der Waals surface area contributed by atoms with Gasteiger partial charge < -0.3 is 5.32 Å². The first-order valence-electron chi connectivity index (χ1n) is 8.05. The van der Waals surface area contributed by atoms with Crippen LogP contribution >= 0.6 is 0 Å². The maximum absolute atomic E-state index is 12.9. The third-order valence-electron chi connectivity index (χ3n) is 4.76. The van der Waals surface area contributed by atoms with Crippen LogP contribution in [0, 0.1) is 5.92 Å². The molecule has 2 rings (SSSR count). The minimum Gasteiger partial charge on any atom is -0.314 e. The zero-order valence-electron chi connectivity index (χ0n) is 12.4. The van der Waals surface area contributed by atoms with E-state index in [-0.39, 0.29) is 6.54 Å². The lowest BCUT2D eigenvalue weighted by Crippen LogP contribution is -2.50. The summed E-state index contributed by atoms with van der Waals surface area (Å²) in [6.45, 7) is 4.22. The molecular formula is C15H27F3N2. The summed E-state index contributed by atoms with van der Waals surface area (Å²) < 4.78 is 38.7. The molecule has 1 N–H and O–H groups in total. The molecule has 1 heterocycles. The van der Waals surface area contributed by atoms with Gasteiger partial charge in [-0.2, -0.15) is 13.2 Å². The molecule has 5 heteroatoms. The van der Waals surface area contributed by atoms with Crippen LogP contribution in [0.25, 0.3) is 0 Å². The lowest BCUT2D eigenvalue weighted by Gasteiger charge is -2.42. The predicted molar refractivity (Wildman–Crippen MR) is 74.7 cm³/mol. The predicted octanol–water partition coefficient (Wildman–Crippen LogP) is 3.57. The summed E-state index contributed by atoms with van der Waals surface area (Å²) in [5, 5.41) is 3.53. The van der Waals surface area contributed by atoms with Crippen molar-refractivity contribution in [3.8, 4) is 0 Å². The molecule has 0 radical (unpaired) electrons. The Balaban J connectivity index is 1.86. The summed E-state index contributed by atoms with van der Waals surface area (Å²) in [7, 11) is 0. The number of hydrogen-bond acceptors (Lipinski definition) is 2. The molecular weight excluding hydrogens is 265 g/mol. The van der Waals surface area contributed by atoms with Crippen molar-refractivity contribution in [1.82, 2.24) is 10.2 Å². The Morgan fingerprint density at radius 3 is 2.65 bits per heavy atom. The van der Waals surface area contributed by atoms with Crippen molar-refractivity contribution in [3.05, 3.63) is 0 Å². The first kappa shape index (κ1) is 16.1. The fourth-order valence-corrected chi connectivity index (χ4v) is 3.63. The number of alkyl halides is 3. The topological polar surface area (TPSA) is 15.3 Å². The maximum Gasteiger partial charge on any atom is 0.393 e. The molecule has 0 bridgehead atoms. The number of nitrogens with zero attached hydrogens (tertiary/aromatic N) is 1. The van der Waals surface area contributed by atoms with Crippen molar-refractivity contribution in [3.63, 3.8) is 0 Å². The Kier molecular flexibility index (Phi) is 5.73. The van der Waals surface area contributed by atoms with E-state index >= 15 is 0 Å². The van der Waals surface area contributed by atoms with Crippen LogP contribution in [0.3, 0.4) is 0 Å². The van der Waals surface area contributed by atoms with Gasteiger partial charge in [-0.15, -0.1) is 0 Å². The van der Waals surface area contributed by atoms with E-state index in [4.69, 9.17) is 0 Å². The van der Waals surface area contributed by atoms with E-state index in [0.717, 1.165) is 38.8 Å². The van der Waals surface area contributed by atoms with E-state index in [1.54, 1.807) is 0 Å². The van der Waals surface area contributed by atoms with E-state index in [1.807, 2.05) is 0 Å². The molecule has 118 valence electrons. The standard InChI is InChI=1S/C15H27F3N2/c1-2-8-19-13-6-3-7-14(10-13)20-9-4-5-12(11-20)15(16,17)18/h12-14,19H,2-11H2,1H3. The van der Waals surface area contributed by atoms with Gasteiger partial charge in [-0.1, -0.05) is 13.3 Å². The fraction of sp³-hybridized carbons (Fsp3) is 1.00. The van der Waals surface area contributed by atoms with Crippen molar-refractivity contribution < 1.29 is 13.2 Å². The molecule has 1 saturated heterocycles. The summed E-state index contributed by atoms with van der Waals surface area (Å²) in [6, 6.07) is 0.850. The molecule has 1 saturated carbocycles. The third-order valence-corrected chi connectivity index (χ3v) is 4.76. The molecule has 2 fully saturated rings. The smallest absolute Gasteiger partial charge is 0.314 e. The average Bonchev–Trinajstić information content (AvgIpc) is 2.45. The van der Waals surface area contributed by atoms with Crippen molar-refractivity contribution in [2.24, 2.45) is 5.92 Å². The van der Waals surface area contributed by atoms with Gasteiger partial charge in [0.25, 0.3) is 0 Å². The second kappa shape index (κ2) is 7.12. The van der Waals surface area contributed by atoms with Crippen molar-refractivity contribution in [2.45, 2.75) is 70.1 Å². The molecule has 0 aromatic carbocycles. The van der Waals surface area contributed by atoms with Crippen LogP contribution in [-0.2, 0) is 0 Å². The van der Waals surface area contributed by atoms with Crippen LogP contribution in [0.1, 0.15) is 51.9 Å². The number of likely N-dealkylation sites (tertiary alicyclic amines) is 1. The second-order valence-corrected chi connectivity index (χ2v) is 6.35. The van der Waals surface area contributed by atoms with Gasteiger partial charge in [0.05, 0.1) is 5.92 Å². The molecule has 1 aliphatic carbocycles. The number of piperidine rings is 1. The Hall–Kier alpha value is -0.290. The lowest BCUT2D eigenvalue weighted by atomic mass is 9.87. The molecule has 0 aromatic rings. The minimum atomic E-state index is -4.02. The number of nitrogens with one attached hydrogen (secondary N) is 1. The monoisotopic (exact) mass is 292 g/mol. The zero-order valence-corrected chi connectivity index (χ0v) is 12.4.